The third kappa shape index (κ3) is 3.33. The molecular formula is C18H20N4O4S. The number of hydrogen-bond donors (Lipinski definition) is 0. The fourth-order valence-corrected chi connectivity index (χ4v) is 4.71. The molecular weight excluding hydrogens is 368 g/mol. The maximum atomic E-state index is 13.3. The highest BCUT2D eigenvalue weighted by atomic mass is 32.2. The van der Waals surface area contributed by atoms with Crippen LogP contribution in [0.4, 0.5) is 0 Å². The van der Waals surface area contributed by atoms with Gasteiger partial charge in [-0.3, -0.25) is 4.98 Å². The van der Waals surface area contributed by atoms with E-state index in [1.54, 1.807) is 18.3 Å². The van der Waals surface area contributed by atoms with Crippen molar-refractivity contribution in [2.45, 2.75) is 31.3 Å². The number of rotatable bonds is 4. The Balaban J connectivity index is 1.67. The van der Waals surface area contributed by atoms with E-state index in [0.29, 0.717) is 23.7 Å². The highest BCUT2D eigenvalue weighted by molar-refractivity contribution is 7.89. The number of para-hydroxylation sites is 1. The van der Waals surface area contributed by atoms with Crippen molar-refractivity contribution in [2.24, 2.45) is 0 Å². The molecule has 0 bridgehead atoms. The average Bonchev–Trinajstić information content (AvgIpc) is 3.16. The van der Waals surface area contributed by atoms with Crippen LogP contribution >= 0.6 is 0 Å². The molecule has 1 aromatic carbocycles. The maximum absolute atomic E-state index is 13.3. The van der Waals surface area contributed by atoms with Crippen molar-refractivity contribution >= 4 is 20.9 Å². The van der Waals surface area contributed by atoms with E-state index in [2.05, 4.69) is 15.2 Å². The predicted octanol–water partition coefficient (Wildman–Crippen LogP) is 2.25. The number of sulfonamides is 1. The molecule has 9 heteroatoms. The molecule has 1 aliphatic rings. The molecule has 1 atom stereocenters. The Morgan fingerprint density at radius 1 is 1.30 bits per heavy atom. The van der Waals surface area contributed by atoms with Gasteiger partial charge in [0.1, 0.15) is 11.0 Å². The second-order valence-electron chi connectivity index (χ2n) is 6.45. The largest absolute Gasteiger partial charge is 0.422 e. The molecule has 0 aliphatic carbocycles. The van der Waals surface area contributed by atoms with Gasteiger partial charge < -0.3 is 9.15 Å². The molecule has 4 rings (SSSR count). The zero-order valence-corrected chi connectivity index (χ0v) is 15.9. The summed E-state index contributed by atoms with van der Waals surface area (Å²) in [5.74, 6) is 0.806. The first-order chi connectivity index (χ1) is 13.0. The van der Waals surface area contributed by atoms with Crippen molar-refractivity contribution in [1.29, 1.82) is 0 Å². The molecule has 1 saturated heterocycles. The van der Waals surface area contributed by atoms with E-state index in [0.717, 1.165) is 10.9 Å². The van der Waals surface area contributed by atoms with Crippen LogP contribution in [0.3, 0.4) is 0 Å². The van der Waals surface area contributed by atoms with E-state index in [-0.39, 0.29) is 24.6 Å². The first-order valence-electron chi connectivity index (χ1n) is 8.78. The highest BCUT2D eigenvalue weighted by Gasteiger charge is 2.35. The lowest BCUT2D eigenvalue weighted by Crippen LogP contribution is -2.42. The third-order valence-electron chi connectivity index (χ3n) is 4.52. The first kappa shape index (κ1) is 18.0. The summed E-state index contributed by atoms with van der Waals surface area (Å²) in [5, 5.41) is 8.71. The molecule has 1 aliphatic heterocycles. The maximum Gasteiger partial charge on any atom is 0.246 e. The van der Waals surface area contributed by atoms with Crippen LogP contribution in [0.1, 0.15) is 30.4 Å². The molecule has 0 unspecified atom stereocenters. The fraction of sp³-hybridized carbons (Fsp3) is 0.389. The number of fused-ring (bicyclic) bond motifs is 1. The molecule has 8 nitrogen and oxygen atoms in total. The molecule has 0 N–H and O–H groups in total. The van der Waals surface area contributed by atoms with Gasteiger partial charge in [-0.15, -0.1) is 10.2 Å². The zero-order chi connectivity index (χ0) is 19.0. The van der Waals surface area contributed by atoms with Crippen LogP contribution in [0.25, 0.3) is 10.9 Å². The molecule has 2 aromatic heterocycles. The molecule has 142 valence electrons. The summed E-state index contributed by atoms with van der Waals surface area (Å²) in [6.45, 7) is 4.47. The molecule has 0 spiro atoms. The lowest BCUT2D eigenvalue weighted by atomic mass is 10.2. The van der Waals surface area contributed by atoms with Crippen molar-refractivity contribution in [1.82, 2.24) is 19.5 Å². The number of benzene rings is 1. The van der Waals surface area contributed by atoms with E-state index in [4.69, 9.17) is 9.15 Å². The summed E-state index contributed by atoms with van der Waals surface area (Å²) < 4.78 is 39.2. The monoisotopic (exact) mass is 388 g/mol. The van der Waals surface area contributed by atoms with Crippen LogP contribution < -0.4 is 0 Å². The van der Waals surface area contributed by atoms with Gasteiger partial charge in [0.05, 0.1) is 12.1 Å². The molecule has 3 heterocycles. The standard InChI is InChI=1S/C18H20N4O4S/c1-3-16-20-21-18(26-16)14-11-22(7-8-25-14)27(23,24)15-6-4-5-13-9-12(2)10-19-17(13)15/h4-6,9-10,14H,3,7-8,11H2,1-2H3/t14-/m1/s1. The Kier molecular flexibility index (Phi) is 4.67. The van der Waals surface area contributed by atoms with Crippen LogP contribution in [0.15, 0.2) is 39.8 Å². The quantitative estimate of drug-likeness (QED) is 0.676. The Morgan fingerprint density at radius 3 is 2.93 bits per heavy atom. The second kappa shape index (κ2) is 6.99. The van der Waals surface area contributed by atoms with Gasteiger partial charge in [-0.05, 0) is 24.6 Å². The summed E-state index contributed by atoms with van der Waals surface area (Å²) in [7, 11) is -3.74. The minimum Gasteiger partial charge on any atom is -0.422 e. The van der Waals surface area contributed by atoms with Gasteiger partial charge in [-0.1, -0.05) is 19.1 Å². The lowest BCUT2D eigenvalue weighted by molar-refractivity contribution is -0.0177. The third-order valence-corrected chi connectivity index (χ3v) is 6.41. The minimum absolute atomic E-state index is 0.121. The summed E-state index contributed by atoms with van der Waals surface area (Å²) in [4.78, 5) is 4.55. The van der Waals surface area contributed by atoms with Crippen molar-refractivity contribution < 1.29 is 17.6 Å². The SMILES string of the molecule is CCc1nnc([C@H]2CN(S(=O)(=O)c3cccc4cc(C)cnc34)CCO2)o1. The Morgan fingerprint density at radius 2 is 2.15 bits per heavy atom. The Bertz CT molecular complexity index is 1080. The van der Waals surface area contributed by atoms with E-state index in [9.17, 15) is 8.42 Å². The summed E-state index contributed by atoms with van der Waals surface area (Å²) in [5.41, 5.74) is 1.45. The van der Waals surface area contributed by atoms with Gasteiger partial charge in [0, 0.05) is 31.1 Å². The van der Waals surface area contributed by atoms with Crippen molar-refractivity contribution in [2.75, 3.05) is 19.7 Å². The highest BCUT2D eigenvalue weighted by Crippen LogP contribution is 2.29. The van der Waals surface area contributed by atoms with Crippen LogP contribution in [-0.2, 0) is 21.2 Å². The van der Waals surface area contributed by atoms with Crippen LogP contribution in [-0.4, -0.2) is 47.6 Å². The molecule has 3 aromatic rings. The van der Waals surface area contributed by atoms with Gasteiger partial charge in [0.15, 0.2) is 0 Å². The number of hydrogen-bond acceptors (Lipinski definition) is 7. The van der Waals surface area contributed by atoms with Crippen LogP contribution in [0.2, 0.25) is 0 Å². The predicted molar refractivity (Wildman–Crippen MR) is 97.6 cm³/mol. The number of nitrogens with zero attached hydrogens (tertiary/aromatic N) is 4. The smallest absolute Gasteiger partial charge is 0.246 e. The normalized spacial score (nSPS) is 18.8. The first-order valence-corrected chi connectivity index (χ1v) is 10.2. The second-order valence-corrected chi connectivity index (χ2v) is 8.36. The zero-order valence-electron chi connectivity index (χ0n) is 15.1. The topological polar surface area (TPSA) is 98.4 Å². The number of ether oxygens (including phenoxy) is 1. The van der Waals surface area contributed by atoms with Crippen LogP contribution in [0, 0.1) is 6.92 Å². The molecule has 0 radical (unpaired) electrons. The van der Waals surface area contributed by atoms with E-state index in [1.807, 2.05) is 26.0 Å². The summed E-state index contributed by atoms with van der Waals surface area (Å²) >= 11 is 0. The fourth-order valence-electron chi connectivity index (χ4n) is 3.12. The van der Waals surface area contributed by atoms with Gasteiger partial charge in [-0.2, -0.15) is 4.31 Å². The number of morpholine rings is 1. The molecule has 1 fully saturated rings. The van der Waals surface area contributed by atoms with E-state index in [1.165, 1.54) is 4.31 Å². The minimum atomic E-state index is -3.74. The molecule has 0 saturated carbocycles. The Labute approximate surface area is 157 Å². The average molecular weight is 388 g/mol. The van der Waals surface area contributed by atoms with Crippen molar-refractivity contribution in [3.8, 4) is 0 Å². The van der Waals surface area contributed by atoms with E-state index >= 15 is 0 Å². The number of pyridine rings is 1. The van der Waals surface area contributed by atoms with Crippen LogP contribution in [0.5, 0.6) is 0 Å². The molecule has 27 heavy (non-hydrogen) atoms. The van der Waals surface area contributed by atoms with Gasteiger partial charge in [-0.25, -0.2) is 8.42 Å². The Hall–Kier alpha value is -2.36. The lowest BCUT2D eigenvalue weighted by Gasteiger charge is -2.30. The van der Waals surface area contributed by atoms with Gasteiger partial charge in [0.25, 0.3) is 0 Å². The summed E-state index contributed by atoms with van der Waals surface area (Å²) in [6, 6.07) is 7.11. The van der Waals surface area contributed by atoms with Crippen molar-refractivity contribution in [3.63, 3.8) is 0 Å². The van der Waals surface area contributed by atoms with Gasteiger partial charge >= 0.3 is 0 Å². The number of aromatic nitrogens is 3. The van der Waals surface area contributed by atoms with E-state index < -0.39 is 16.1 Å². The van der Waals surface area contributed by atoms with Crippen molar-refractivity contribution in [3.05, 3.63) is 47.8 Å². The van der Waals surface area contributed by atoms with Gasteiger partial charge in [0.2, 0.25) is 21.8 Å². The summed E-state index contributed by atoms with van der Waals surface area (Å²) in [6.07, 6.45) is 1.71. The molecule has 0 amide bonds. The number of aryl methyl sites for hydroxylation is 2.